The monoisotopic (exact) mass is 413 g/mol. The molecule has 0 spiro atoms. The molecule has 2 heterocycles. The van der Waals surface area contributed by atoms with Crippen LogP contribution in [-0.2, 0) is 0 Å². The largest absolute Gasteiger partial charge is 0.256 e. The molecule has 4 aromatic carbocycles. The zero-order chi connectivity index (χ0) is 20.6. The van der Waals surface area contributed by atoms with Crippen molar-refractivity contribution in [1.29, 1.82) is 0 Å². The molecule has 0 aliphatic rings. The van der Waals surface area contributed by atoms with Crippen LogP contribution in [0.5, 0.6) is 0 Å². The molecule has 0 N–H and O–H groups in total. The van der Waals surface area contributed by atoms with E-state index in [1.54, 1.807) is 0 Å². The fourth-order valence-electron chi connectivity index (χ4n) is 4.20. The molecule has 31 heavy (non-hydrogen) atoms. The number of rotatable bonds is 3. The van der Waals surface area contributed by atoms with Crippen LogP contribution in [0.25, 0.3) is 53.7 Å². The van der Waals surface area contributed by atoms with Gasteiger partial charge in [-0.25, -0.2) is 0 Å². The summed E-state index contributed by atoms with van der Waals surface area (Å²) in [5, 5.41) is 2.60. The van der Waals surface area contributed by atoms with Gasteiger partial charge in [0.05, 0.1) is 5.69 Å². The Kier molecular flexibility index (Phi) is 4.37. The number of pyridine rings is 1. The summed E-state index contributed by atoms with van der Waals surface area (Å²) in [5.41, 5.74) is 7.11. The van der Waals surface area contributed by atoms with Crippen LogP contribution in [0.1, 0.15) is 0 Å². The molecule has 0 atom stereocenters. The van der Waals surface area contributed by atoms with E-state index in [1.807, 2.05) is 23.6 Å². The summed E-state index contributed by atoms with van der Waals surface area (Å²) in [6.07, 6.45) is 1.91. The van der Waals surface area contributed by atoms with Gasteiger partial charge >= 0.3 is 0 Å². The molecular weight excluding hydrogens is 394 g/mol. The molecule has 1 nitrogen and oxygen atoms in total. The highest BCUT2D eigenvalue weighted by atomic mass is 32.1. The SMILES string of the molecule is c1ccc(-c2ccnc(-c3cccc4c3sc3cc(-c5ccccc5)ccc34)c2)cc1. The van der Waals surface area contributed by atoms with E-state index >= 15 is 0 Å². The van der Waals surface area contributed by atoms with Gasteiger partial charge in [0.25, 0.3) is 0 Å². The van der Waals surface area contributed by atoms with Gasteiger partial charge in [-0.1, -0.05) is 91.0 Å². The van der Waals surface area contributed by atoms with Crippen LogP contribution in [0.2, 0.25) is 0 Å². The van der Waals surface area contributed by atoms with Crippen LogP contribution in [0.4, 0.5) is 0 Å². The van der Waals surface area contributed by atoms with Crippen LogP contribution in [0.3, 0.4) is 0 Å². The maximum absolute atomic E-state index is 4.73. The first-order chi connectivity index (χ1) is 15.4. The van der Waals surface area contributed by atoms with Crippen LogP contribution < -0.4 is 0 Å². The molecule has 0 amide bonds. The smallest absolute Gasteiger partial charge is 0.0722 e. The number of nitrogens with zero attached hydrogens (tertiary/aromatic N) is 1. The molecule has 0 fully saturated rings. The Balaban J connectivity index is 1.52. The summed E-state index contributed by atoms with van der Waals surface area (Å²) in [6.45, 7) is 0. The van der Waals surface area contributed by atoms with Crippen molar-refractivity contribution >= 4 is 31.5 Å². The van der Waals surface area contributed by atoms with E-state index in [1.165, 1.54) is 48.0 Å². The molecule has 0 saturated heterocycles. The Morgan fingerprint density at radius 3 is 1.97 bits per heavy atom. The summed E-state index contributed by atoms with van der Waals surface area (Å²) >= 11 is 1.85. The zero-order valence-corrected chi connectivity index (χ0v) is 17.6. The molecular formula is C29H19NS. The molecule has 0 radical (unpaired) electrons. The van der Waals surface area contributed by atoms with Gasteiger partial charge in [-0.2, -0.15) is 0 Å². The van der Waals surface area contributed by atoms with E-state index in [4.69, 9.17) is 4.98 Å². The van der Waals surface area contributed by atoms with Gasteiger partial charge in [0, 0.05) is 31.9 Å². The van der Waals surface area contributed by atoms with Crippen molar-refractivity contribution in [2.75, 3.05) is 0 Å². The Morgan fingerprint density at radius 2 is 1.23 bits per heavy atom. The van der Waals surface area contributed by atoms with Crippen molar-refractivity contribution < 1.29 is 0 Å². The first-order valence-corrected chi connectivity index (χ1v) is 11.2. The van der Waals surface area contributed by atoms with E-state index < -0.39 is 0 Å². The highest BCUT2D eigenvalue weighted by Gasteiger charge is 2.12. The maximum Gasteiger partial charge on any atom is 0.0722 e. The quantitative estimate of drug-likeness (QED) is 0.283. The third-order valence-electron chi connectivity index (χ3n) is 5.75. The lowest BCUT2D eigenvalue weighted by molar-refractivity contribution is 1.33. The third kappa shape index (κ3) is 3.22. The summed E-state index contributed by atoms with van der Waals surface area (Å²) in [5.74, 6) is 0. The normalized spacial score (nSPS) is 11.2. The van der Waals surface area contributed by atoms with Gasteiger partial charge in [-0.05, 0) is 40.5 Å². The Bertz CT molecular complexity index is 1510. The van der Waals surface area contributed by atoms with Crippen molar-refractivity contribution in [2.24, 2.45) is 0 Å². The van der Waals surface area contributed by atoms with E-state index in [0.717, 1.165) is 5.69 Å². The van der Waals surface area contributed by atoms with E-state index in [2.05, 4.69) is 103 Å². The molecule has 0 bridgehead atoms. The van der Waals surface area contributed by atoms with E-state index in [0.29, 0.717) is 0 Å². The number of hydrogen-bond donors (Lipinski definition) is 0. The van der Waals surface area contributed by atoms with Gasteiger partial charge in [0.15, 0.2) is 0 Å². The standard InChI is InChI=1S/C29H19NS/c1-3-8-20(9-4-1)22-14-15-24-25-12-7-13-26(29(25)31-28(24)19-22)27-18-23(16-17-30-27)21-10-5-2-6-11-21/h1-19H. The number of thiophene rings is 1. The molecule has 6 rings (SSSR count). The molecule has 0 aliphatic carbocycles. The Hall–Kier alpha value is -3.75. The topological polar surface area (TPSA) is 12.9 Å². The highest BCUT2D eigenvalue weighted by molar-refractivity contribution is 7.26. The maximum atomic E-state index is 4.73. The second-order valence-electron chi connectivity index (χ2n) is 7.66. The lowest BCUT2D eigenvalue weighted by Crippen LogP contribution is -1.85. The van der Waals surface area contributed by atoms with Gasteiger partial charge in [-0.15, -0.1) is 11.3 Å². The van der Waals surface area contributed by atoms with Crippen molar-refractivity contribution in [3.05, 3.63) is 115 Å². The average molecular weight is 414 g/mol. The summed E-state index contributed by atoms with van der Waals surface area (Å²) in [7, 11) is 0. The van der Waals surface area contributed by atoms with Crippen molar-refractivity contribution in [1.82, 2.24) is 4.98 Å². The molecule has 0 aliphatic heterocycles. The second kappa shape index (κ2) is 7.50. The molecule has 0 saturated carbocycles. The van der Waals surface area contributed by atoms with Crippen molar-refractivity contribution in [3.63, 3.8) is 0 Å². The van der Waals surface area contributed by atoms with Crippen LogP contribution in [0.15, 0.2) is 115 Å². The minimum absolute atomic E-state index is 1.02. The van der Waals surface area contributed by atoms with Gasteiger partial charge < -0.3 is 0 Å². The second-order valence-corrected chi connectivity index (χ2v) is 8.71. The summed E-state index contributed by atoms with van der Waals surface area (Å²) in [4.78, 5) is 4.73. The third-order valence-corrected chi connectivity index (χ3v) is 6.95. The minimum Gasteiger partial charge on any atom is -0.256 e. The lowest BCUT2D eigenvalue weighted by Gasteiger charge is -2.06. The van der Waals surface area contributed by atoms with Gasteiger partial charge in [-0.3, -0.25) is 4.98 Å². The van der Waals surface area contributed by atoms with E-state index in [9.17, 15) is 0 Å². The van der Waals surface area contributed by atoms with Gasteiger partial charge in [0.1, 0.15) is 0 Å². The van der Waals surface area contributed by atoms with Crippen LogP contribution in [-0.4, -0.2) is 4.98 Å². The number of hydrogen-bond acceptors (Lipinski definition) is 2. The fourth-order valence-corrected chi connectivity index (χ4v) is 5.46. The van der Waals surface area contributed by atoms with Crippen molar-refractivity contribution in [3.8, 4) is 33.5 Å². The molecule has 0 unspecified atom stereocenters. The predicted molar refractivity (Wildman–Crippen MR) is 133 cm³/mol. The predicted octanol–water partition coefficient (Wildman–Crippen LogP) is 8.45. The first-order valence-electron chi connectivity index (χ1n) is 10.4. The average Bonchev–Trinajstić information content (AvgIpc) is 3.23. The van der Waals surface area contributed by atoms with Crippen LogP contribution in [0, 0.1) is 0 Å². The molecule has 146 valence electrons. The molecule has 2 aromatic heterocycles. The van der Waals surface area contributed by atoms with Crippen molar-refractivity contribution in [2.45, 2.75) is 0 Å². The molecule has 6 aromatic rings. The Labute approximate surface area is 185 Å². The number of benzene rings is 4. The lowest BCUT2D eigenvalue weighted by atomic mass is 10.0. The minimum atomic E-state index is 1.02. The number of fused-ring (bicyclic) bond motifs is 3. The Morgan fingerprint density at radius 1 is 0.516 bits per heavy atom. The molecule has 2 heteroatoms. The fraction of sp³-hybridized carbons (Fsp3) is 0. The summed E-state index contributed by atoms with van der Waals surface area (Å²) < 4.78 is 2.60. The zero-order valence-electron chi connectivity index (χ0n) is 16.8. The number of aromatic nitrogens is 1. The first kappa shape index (κ1) is 18.1. The van der Waals surface area contributed by atoms with E-state index in [-0.39, 0.29) is 0 Å². The summed E-state index contributed by atoms with van der Waals surface area (Å²) in [6, 6.07) is 38.7. The van der Waals surface area contributed by atoms with Crippen LogP contribution >= 0.6 is 11.3 Å². The van der Waals surface area contributed by atoms with Gasteiger partial charge in [0.2, 0.25) is 0 Å². The highest BCUT2D eigenvalue weighted by Crippen LogP contribution is 2.41.